The van der Waals surface area contributed by atoms with E-state index in [0.717, 1.165) is 18.2 Å². The summed E-state index contributed by atoms with van der Waals surface area (Å²) >= 11 is 0. The van der Waals surface area contributed by atoms with Gasteiger partial charge in [-0.1, -0.05) is 0 Å². The average Bonchev–Trinajstić information content (AvgIpc) is 2.43. The summed E-state index contributed by atoms with van der Waals surface area (Å²) in [6, 6.07) is 6.89. The maximum atomic E-state index is 13.0. The zero-order chi connectivity index (χ0) is 14.7. The van der Waals surface area contributed by atoms with E-state index in [-0.39, 0.29) is 22.9 Å². The fourth-order valence-electron chi connectivity index (χ4n) is 1.55. The molecule has 2 aromatic carbocycles. The summed E-state index contributed by atoms with van der Waals surface area (Å²) in [6.45, 7) is 0. The number of hydrogen-bond donors (Lipinski definition) is 0. The van der Waals surface area contributed by atoms with Gasteiger partial charge in [-0.2, -0.15) is 0 Å². The first kappa shape index (κ1) is 13.7. The number of nitro benzene ring substituents is 1. The largest absolute Gasteiger partial charge is 0.490 e. The highest BCUT2D eigenvalue weighted by Crippen LogP contribution is 2.33. The monoisotopic (exact) mass is 281 g/mol. The molecule has 0 fully saturated rings. The Bertz CT molecular complexity index is 661. The van der Waals surface area contributed by atoms with E-state index in [1.54, 1.807) is 0 Å². The van der Waals surface area contributed by atoms with Gasteiger partial charge in [-0.15, -0.1) is 0 Å². The molecule has 2 aromatic rings. The standard InChI is InChI=1S/C13H9F2NO4/c1-19-13-5-3-9(7-12(13)16(17)18)20-8-2-4-10(14)11(15)6-8/h2-7H,1H3. The number of ether oxygens (including phenoxy) is 2. The van der Waals surface area contributed by atoms with Crippen LogP contribution in [0.1, 0.15) is 0 Å². The zero-order valence-electron chi connectivity index (χ0n) is 10.3. The van der Waals surface area contributed by atoms with Crippen molar-refractivity contribution in [1.29, 1.82) is 0 Å². The van der Waals surface area contributed by atoms with E-state index in [0.29, 0.717) is 0 Å². The summed E-state index contributed by atoms with van der Waals surface area (Å²) in [7, 11) is 1.30. The summed E-state index contributed by atoms with van der Waals surface area (Å²) in [6.07, 6.45) is 0. The maximum Gasteiger partial charge on any atom is 0.314 e. The Hall–Kier alpha value is -2.70. The van der Waals surface area contributed by atoms with E-state index in [1.807, 2.05) is 0 Å². The Labute approximate surface area is 112 Å². The summed E-state index contributed by atoms with van der Waals surface area (Å²) in [5.41, 5.74) is -0.285. The third-order valence-electron chi connectivity index (χ3n) is 2.47. The van der Waals surface area contributed by atoms with Crippen molar-refractivity contribution >= 4 is 5.69 Å². The number of rotatable bonds is 4. The average molecular weight is 281 g/mol. The zero-order valence-corrected chi connectivity index (χ0v) is 10.3. The molecule has 0 aliphatic heterocycles. The van der Waals surface area contributed by atoms with Crippen molar-refractivity contribution in [2.75, 3.05) is 7.11 Å². The van der Waals surface area contributed by atoms with Crippen molar-refractivity contribution < 1.29 is 23.2 Å². The molecule has 0 saturated heterocycles. The highest BCUT2D eigenvalue weighted by Gasteiger charge is 2.16. The molecule has 0 bridgehead atoms. The van der Waals surface area contributed by atoms with Crippen LogP contribution in [0.4, 0.5) is 14.5 Å². The molecule has 0 saturated carbocycles. The Kier molecular flexibility index (Phi) is 3.79. The van der Waals surface area contributed by atoms with E-state index in [2.05, 4.69) is 0 Å². The summed E-state index contributed by atoms with van der Waals surface area (Å²) in [5, 5.41) is 10.8. The number of hydrogen-bond acceptors (Lipinski definition) is 4. The molecular weight excluding hydrogens is 272 g/mol. The van der Waals surface area contributed by atoms with Gasteiger partial charge in [0.15, 0.2) is 17.4 Å². The second-order valence-electron chi connectivity index (χ2n) is 3.77. The molecule has 0 radical (unpaired) electrons. The SMILES string of the molecule is COc1ccc(Oc2ccc(F)c(F)c2)cc1[N+](=O)[O-]. The van der Waals surface area contributed by atoms with Crippen LogP contribution in [0.3, 0.4) is 0 Å². The molecule has 0 amide bonds. The van der Waals surface area contributed by atoms with Crippen LogP contribution in [0.25, 0.3) is 0 Å². The van der Waals surface area contributed by atoms with Gasteiger partial charge in [0.2, 0.25) is 0 Å². The molecule has 7 heteroatoms. The topological polar surface area (TPSA) is 61.6 Å². The highest BCUT2D eigenvalue weighted by molar-refractivity contribution is 5.51. The first-order chi connectivity index (χ1) is 9.51. The van der Waals surface area contributed by atoms with Crippen molar-refractivity contribution in [2.24, 2.45) is 0 Å². The molecule has 104 valence electrons. The van der Waals surface area contributed by atoms with Gasteiger partial charge < -0.3 is 9.47 Å². The first-order valence-electron chi connectivity index (χ1n) is 5.46. The van der Waals surface area contributed by atoms with Crippen LogP contribution < -0.4 is 9.47 Å². The van der Waals surface area contributed by atoms with Crippen molar-refractivity contribution in [2.45, 2.75) is 0 Å². The first-order valence-corrected chi connectivity index (χ1v) is 5.46. The molecule has 0 aliphatic carbocycles. The molecule has 20 heavy (non-hydrogen) atoms. The van der Waals surface area contributed by atoms with Gasteiger partial charge in [0.1, 0.15) is 11.5 Å². The summed E-state index contributed by atoms with van der Waals surface area (Å²) < 4.78 is 35.9. The van der Waals surface area contributed by atoms with Crippen LogP contribution in [0.2, 0.25) is 0 Å². The van der Waals surface area contributed by atoms with Crippen LogP contribution >= 0.6 is 0 Å². The lowest BCUT2D eigenvalue weighted by molar-refractivity contribution is -0.385. The Balaban J connectivity index is 2.31. The summed E-state index contributed by atoms with van der Waals surface area (Å²) in [4.78, 5) is 10.2. The van der Waals surface area contributed by atoms with Gasteiger partial charge in [0, 0.05) is 6.07 Å². The lowest BCUT2D eigenvalue weighted by Crippen LogP contribution is -1.95. The molecule has 0 aromatic heterocycles. The van der Waals surface area contributed by atoms with Gasteiger partial charge in [-0.3, -0.25) is 10.1 Å². The fraction of sp³-hybridized carbons (Fsp3) is 0.0769. The molecule has 0 N–H and O–H groups in total. The van der Waals surface area contributed by atoms with Crippen molar-refractivity contribution in [3.05, 3.63) is 58.1 Å². The lowest BCUT2D eigenvalue weighted by atomic mass is 10.2. The number of benzene rings is 2. The molecule has 0 heterocycles. The molecule has 2 rings (SSSR count). The smallest absolute Gasteiger partial charge is 0.314 e. The van der Waals surface area contributed by atoms with Gasteiger partial charge in [-0.05, 0) is 24.3 Å². The number of nitrogens with zero attached hydrogens (tertiary/aromatic N) is 1. The minimum absolute atomic E-state index is 0.0309. The number of methoxy groups -OCH3 is 1. The van der Waals surface area contributed by atoms with E-state index < -0.39 is 16.6 Å². The predicted octanol–water partition coefficient (Wildman–Crippen LogP) is 3.67. The van der Waals surface area contributed by atoms with E-state index in [1.165, 1.54) is 25.3 Å². The molecule has 0 aliphatic rings. The van der Waals surface area contributed by atoms with Crippen LogP contribution in [0.5, 0.6) is 17.2 Å². The Morgan fingerprint density at radius 1 is 1.05 bits per heavy atom. The third kappa shape index (κ3) is 2.82. The van der Waals surface area contributed by atoms with Gasteiger partial charge in [0.25, 0.3) is 0 Å². The molecule has 0 spiro atoms. The lowest BCUT2D eigenvalue weighted by Gasteiger charge is -2.07. The predicted molar refractivity (Wildman–Crippen MR) is 66.1 cm³/mol. The van der Waals surface area contributed by atoms with E-state index >= 15 is 0 Å². The fourth-order valence-corrected chi connectivity index (χ4v) is 1.55. The molecule has 0 atom stereocenters. The highest BCUT2D eigenvalue weighted by atomic mass is 19.2. The minimum atomic E-state index is -1.06. The second kappa shape index (κ2) is 5.52. The molecule has 0 unspecified atom stereocenters. The van der Waals surface area contributed by atoms with Crippen LogP contribution in [0, 0.1) is 21.7 Å². The minimum Gasteiger partial charge on any atom is -0.490 e. The van der Waals surface area contributed by atoms with Crippen LogP contribution in [-0.4, -0.2) is 12.0 Å². The van der Waals surface area contributed by atoms with Crippen molar-refractivity contribution in [1.82, 2.24) is 0 Å². The van der Waals surface area contributed by atoms with E-state index in [9.17, 15) is 18.9 Å². The van der Waals surface area contributed by atoms with Gasteiger partial charge in [0.05, 0.1) is 18.1 Å². The third-order valence-corrected chi connectivity index (χ3v) is 2.47. The number of nitro groups is 1. The van der Waals surface area contributed by atoms with Gasteiger partial charge >= 0.3 is 5.69 Å². The van der Waals surface area contributed by atoms with Crippen LogP contribution in [-0.2, 0) is 0 Å². The Morgan fingerprint density at radius 3 is 2.30 bits per heavy atom. The quantitative estimate of drug-likeness (QED) is 0.633. The van der Waals surface area contributed by atoms with Crippen molar-refractivity contribution in [3.8, 4) is 17.2 Å². The van der Waals surface area contributed by atoms with Crippen LogP contribution in [0.15, 0.2) is 36.4 Å². The summed E-state index contributed by atoms with van der Waals surface area (Å²) in [5.74, 6) is -1.84. The molecular formula is C13H9F2NO4. The van der Waals surface area contributed by atoms with Gasteiger partial charge in [-0.25, -0.2) is 8.78 Å². The number of halogens is 2. The second-order valence-corrected chi connectivity index (χ2v) is 3.77. The van der Waals surface area contributed by atoms with Crippen molar-refractivity contribution in [3.63, 3.8) is 0 Å². The maximum absolute atomic E-state index is 13.0. The molecule has 5 nitrogen and oxygen atoms in total. The Morgan fingerprint density at radius 2 is 1.70 bits per heavy atom. The van der Waals surface area contributed by atoms with E-state index in [4.69, 9.17) is 9.47 Å². The normalized spacial score (nSPS) is 10.2.